The molecule has 2 heterocycles. The number of Topliss-reactive ketones (excluding diaryl/α,β-unsaturated/α-hetero) is 2. The quantitative estimate of drug-likeness (QED) is 0.0787. The molecule has 19 heteroatoms. The molecule has 0 radical (unpaired) electrons. The standard InChI is InChI=1S/C41H48F2N4O7S.C2HF3O2/c1-41(2,3)39(35-20-28(33-21-30(42)13-14-34(33)43)23-45(35)22-27-9-5-4-6-10-27)46(18-8-17-44)38(52)26-55-25-29(40(53)54)19-31(48)11-7-12-32(49)24-47-36(50)15-16-37(47)51;3-2(4,5)1(6)7/h4-6,9-10,13-16,20-21,23,29,39H,7-8,11-12,17-19,22,24-26,44H2,1-3H3,(H,53,54);(H,6,7)/t29-,39-;/m0./s1. The summed E-state index contributed by atoms with van der Waals surface area (Å²) in [6, 6.07) is 14.1. The maximum atomic E-state index is 15.1. The molecule has 4 rings (SSSR count). The van der Waals surface area contributed by atoms with Gasteiger partial charge in [-0.2, -0.15) is 24.9 Å². The van der Waals surface area contributed by atoms with E-state index < -0.39 is 58.9 Å². The van der Waals surface area contributed by atoms with Crippen molar-refractivity contribution in [1.82, 2.24) is 14.4 Å². The lowest BCUT2D eigenvalue weighted by Gasteiger charge is -2.41. The molecular formula is C43H49F5N4O9S. The number of aliphatic carboxylic acids is 2. The molecule has 0 aliphatic carbocycles. The predicted octanol–water partition coefficient (Wildman–Crippen LogP) is 6.44. The first-order chi connectivity index (χ1) is 29.0. The van der Waals surface area contributed by atoms with E-state index in [9.17, 15) is 51.4 Å². The fourth-order valence-corrected chi connectivity index (χ4v) is 7.57. The van der Waals surface area contributed by atoms with Gasteiger partial charge in [0.15, 0.2) is 5.78 Å². The van der Waals surface area contributed by atoms with Crippen molar-refractivity contribution in [1.29, 1.82) is 0 Å². The molecule has 0 fully saturated rings. The lowest BCUT2D eigenvalue weighted by atomic mass is 9.83. The average molecular weight is 893 g/mol. The van der Waals surface area contributed by atoms with Crippen LogP contribution in [-0.4, -0.2) is 103 Å². The Morgan fingerprint density at radius 3 is 2.05 bits per heavy atom. The van der Waals surface area contributed by atoms with Gasteiger partial charge in [0.1, 0.15) is 17.4 Å². The number of halogens is 5. The van der Waals surface area contributed by atoms with Crippen LogP contribution in [0.15, 0.2) is 72.9 Å². The molecular weight excluding hydrogens is 844 g/mol. The third-order valence-corrected chi connectivity index (χ3v) is 10.5. The molecule has 3 aromatic rings. The second-order valence-corrected chi connectivity index (χ2v) is 16.5. The Kier molecular flexibility index (Phi) is 18.8. The number of carbonyl (C=O) groups is 7. The fraction of sp³-hybridized carbons (Fsp3) is 0.419. The van der Waals surface area contributed by atoms with Gasteiger partial charge in [0.25, 0.3) is 11.8 Å². The smallest absolute Gasteiger partial charge is 0.481 e. The van der Waals surface area contributed by atoms with Gasteiger partial charge in [0.2, 0.25) is 5.91 Å². The van der Waals surface area contributed by atoms with Gasteiger partial charge in [-0.1, -0.05) is 51.1 Å². The Morgan fingerprint density at radius 2 is 1.48 bits per heavy atom. The van der Waals surface area contributed by atoms with Gasteiger partial charge in [-0.15, -0.1) is 0 Å². The van der Waals surface area contributed by atoms with E-state index in [0.717, 1.165) is 52.6 Å². The second kappa shape index (κ2) is 23.0. The molecule has 3 amide bonds. The number of nitrogens with zero attached hydrogens (tertiary/aromatic N) is 3. The van der Waals surface area contributed by atoms with Crippen LogP contribution in [-0.2, 0) is 40.1 Å². The monoisotopic (exact) mass is 892 g/mol. The molecule has 0 unspecified atom stereocenters. The van der Waals surface area contributed by atoms with E-state index in [1.807, 2.05) is 55.7 Å². The molecule has 0 spiro atoms. The number of imide groups is 1. The maximum absolute atomic E-state index is 15.1. The van der Waals surface area contributed by atoms with E-state index in [2.05, 4.69) is 0 Å². The first-order valence-corrected chi connectivity index (χ1v) is 20.6. The Morgan fingerprint density at radius 1 is 0.871 bits per heavy atom. The number of carbonyl (C=O) groups excluding carboxylic acids is 5. The first kappa shape index (κ1) is 50.7. The predicted molar refractivity (Wildman–Crippen MR) is 219 cm³/mol. The van der Waals surface area contributed by atoms with Crippen LogP contribution in [0.25, 0.3) is 11.1 Å². The number of thioether (sulfide) groups is 1. The molecule has 2 atom stereocenters. The van der Waals surface area contributed by atoms with E-state index in [0.29, 0.717) is 30.8 Å². The number of ketones is 2. The van der Waals surface area contributed by atoms with Crippen LogP contribution >= 0.6 is 11.8 Å². The zero-order valence-corrected chi connectivity index (χ0v) is 35.1. The number of carboxylic acids is 2. The van der Waals surface area contributed by atoms with Gasteiger partial charge >= 0.3 is 18.1 Å². The second-order valence-electron chi connectivity index (χ2n) is 15.5. The summed E-state index contributed by atoms with van der Waals surface area (Å²) in [5.74, 6) is -8.47. The molecule has 13 nitrogen and oxygen atoms in total. The Hall–Kier alpha value is -5.69. The van der Waals surface area contributed by atoms with E-state index in [1.54, 1.807) is 17.2 Å². The van der Waals surface area contributed by atoms with E-state index in [-0.39, 0.29) is 73.3 Å². The summed E-state index contributed by atoms with van der Waals surface area (Å²) in [4.78, 5) is 86.1. The third kappa shape index (κ3) is 15.3. The molecule has 4 N–H and O–H groups in total. The topological polar surface area (TPSA) is 197 Å². The Bertz CT molecular complexity index is 2100. The molecule has 0 saturated heterocycles. The number of alkyl halides is 3. The lowest BCUT2D eigenvalue weighted by molar-refractivity contribution is -0.192. The number of hydrogen-bond acceptors (Lipinski definition) is 9. The average Bonchev–Trinajstić information content (AvgIpc) is 3.73. The van der Waals surface area contributed by atoms with Crippen molar-refractivity contribution in [2.24, 2.45) is 17.1 Å². The minimum Gasteiger partial charge on any atom is -0.481 e. The number of amides is 3. The highest BCUT2D eigenvalue weighted by Gasteiger charge is 2.39. The maximum Gasteiger partial charge on any atom is 0.490 e. The highest BCUT2D eigenvalue weighted by Crippen LogP contribution is 2.41. The van der Waals surface area contributed by atoms with Gasteiger partial charge in [0, 0.05) is 73.3 Å². The van der Waals surface area contributed by atoms with Crippen molar-refractivity contribution >= 4 is 53.0 Å². The Labute approximate surface area is 359 Å². The van der Waals surface area contributed by atoms with Crippen molar-refractivity contribution < 1.29 is 65.7 Å². The first-order valence-electron chi connectivity index (χ1n) is 19.4. The molecule has 2 aromatic carbocycles. The van der Waals surface area contributed by atoms with Crippen molar-refractivity contribution in [3.05, 3.63) is 95.8 Å². The van der Waals surface area contributed by atoms with Crippen LogP contribution in [0.1, 0.15) is 70.2 Å². The van der Waals surface area contributed by atoms with Gasteiger partial charge in [0.05, 0.1) is 24.3 Å². The van der Waals surface area contributed by atoms with Crippen molar-refractivity contribution in [3.8, 4) is 11.1 Å². The van der Waals surface area contributed by atoms with Gasteiger partial charge in [-0.3, -0.25) is 33.7 Å². The molecule has 1 aliphatic heterocycles. The summed E-state index contributed by atoms with van der Waals surface area (Å²) in [6.45, 7) is 6.55. The summed E-state index contributed by atoms with van der Waals surface area (Å²) in [5, 5.41) is 17.0. The normalized spacial score (nSPS) is 13.7. The number of nitrogens with two attached hydrogens (primary N) is 1. The van der Waals surface area contributed by atoms with Gasteiger partial charge in [-0.25, -0.2) is 13.6 Å². The van der Waals surface area contributed by atoms with Crippen LogP contribution in [0.5, 0.6) is 0 Å². The summed E-state index contributed by atoms with van der Waals surface area (Å²) in [6.07, 6.45) is -0.932. The number of benzene rings is 2. The molecule has 1 aliphatic rings. The minimum atomic E-state index is -5.08. The molecule has 0 bridgehead atoms. The van der Waals surface area contributed by atoms with E-state index in [1.165, 1.54) is 0 Å². The van der Waals surface area contributed by atoms with E-state index >= 15 is 4.39 Å². The van der Waals surface area contributed by atoms with Crippen molar-refractivity contribution in [2.75, 3.05) is 31.1 Å². The lowest BCUT2D eigenvalue weighted by Crippen LogP contribution is -2.44. The highest BCUT2D eigenvalue weighted by molar-refractivity contribution is 7.99. The number of aromatic nitrogens is 1. The van der Waals surface area contributed by atoms with E-state index in [4.69, 9.17) is 15.6 Å². The summed E-state index contributed by atoms with van der Waals surface area (Å²) in [7, 11) is 0. The highest BCUT2D eigenvalue weighted by atomic mass is 32.2. The number of carboxylic acid groups (broad SMARTS) is 2. The fourth-order valence-electron chi connectivity index (χ4n) is 6.56. The molecule has 0 saturated carbocycles. The summed E-state index contributed by atoms with van der Waals surface area (Å²) in [5.41, 5.74) is 7.55. The largest absolute Gasteiger partial charge is 0.490 e. The third-order valence-electron chi connectivity index (χ3n) is 9.46. The summed E-state index contributed by atoms with van der Waals surface area (Å²) < 4.78 is 63.1. The van der Waals surface area contributed by atoms with Gasteiger partial charge in [-0.05, 0) is 54.6 Å². The molecule has 1 aromatic heterocycles. The molecule has 62 heavy (non-hydrogen) atoms. The van der Waals surface area contributed by atoms with Crippen LogP contribution in [0, 0.1) is 23.0 Å². The zero-order chi connectivity index (χ0) is 46.4. The van der Waals surface area contributed by atoms with Crippen molar-refractivity contribution in [2.45, 2.75) is 71.6 Å². The number of rotatable bonds is 21. The van der Waals surface area contributed by atoms with Crippen molar-refractivity contribution in [3.63, 3.8) is 0 Å². The SMILES string of the molecule is CC(C)(C)[C@H](c1cc(-c2cc(F)ccc2F)cn1Cc1ccccc1)N(CCCN)C(=O)CSC[C@H](CC(=O)CCCC(=O)CN1C(=O)C=CC1=O)C(=O)O.O=C(O)C(F)(F)F. The van der Waals surface area contributed by atoms with Gasteiger partial charge < -0.3 is 25.4 Å². The van der Waals surface area contributed by atoms with Crippen LogP contribution in [0.4, 0.5) is 22.0 Å². The van der Waals surface area contributed by atoms with Crippen LogP contribution in [0.3, 0.4) is 0 Å². The number of hydrogen-bond donors (Lipinski definition) is 3. The Balaban J connectivity index is 0.00000134. The minimum absolute atomic E-state index is 0.0176. The van der Waals surface area contributed by atoms with Crippen LogP contribution in [0.2, 0.25) is 0 Å². The molecule has 336 valence electrons. The summed E-state index contributed by atoms with van der Waals surface area (Å²) >= 11 is 1.10. The van der Waals surface area contributed by atoms with Crippen LogP contribution < -0.4 is 5.73 Å². The zero-order valence-electron chi connectivity index (χ0n) is 34.3.